The van der Waals surface area contributed by atoms with Gasteiger partial charge in [0, 0.05) is 19.3 Å². The van der Waals surface area contributed by atoms with Gasteiger partial charge in [0.2, 0.25) is 0 Å². The van der Waals surface area contributed by atoms with Gasteiger partial charge < -0.3 is 10.6 Å². The summed E-state index contributed by atoms with van der Waals surface area (Å²) in [6.07, 6.45) is 3.29. The fourth-order valence-electron chi connectivity index (χ4n) is 1.87. The second kappa shape index (κ2) is 6.18. The van der Waals surface area contributed by atoms with E-state index in [1.807, 2.05) is 13.8 Å². The zero-order valence-corrected chi connectivity index (χ0v) is 11.5. The number of nitrogens with zero attached hydrogens (tertiary/aromatic N) is 2. The summed E-state index contributed by atoms with van der Waals surface area (Å²) in [6, 6.07) is 4.42. The predicted molar refractivity (Wildman–Crippen MR) is 76.4 cm³/mol. The molecule has 2 rings (SSSR count). The lowest BCUT2D eigenvalue weighted by Crippen LogP contribution is -2.15. The summed E-state index contributed by atoms with van der Waals surface area (Å²) >= 11 is 0. The molecule has 0 aliphatic carbocycles. The van der Waals surface area contributed by atoms with Crippen LogP contribution in [0.25, 0.3) is 0 Å². The maximum atomic E-state index is 13.7. The van der Waals surface area contributed by atoms with Gasteiger partial charge in [-0.05, 0) is 26.0 Å². The Morgan fingerprint density at radius 3 is 2.85 bits per heavy atom. The predicted octanol–water partition coefficient (Wildman–Crippen LogP) is 2.73. The van der Waals surface area contributed by atoms with Crippen molar-refractivity contribution in [3.8, 4) is 0 Å². The highest BCUT2D eigenvalue weighted by Gasteiger charge is 2.15. The zero-order valence-electron chi connectivity index (χ0n) is 11.5. The highest BCUT2D eigenvalue weighted by molar-refractivity contribution is 6.08. The molecule has 2 aromatic rings. The van der Waals surface area contributed by atoms with Crippen LogP contribution in [0.3, 0.4) is 0 Å². The van der Waals surface area contributed by atoms with Crippen molar-refractivity contribution < 1.29 is 9.18 Å². The molecule has 106 valence electrons. The number of carbonyl (C=O) groups excluding carboxylic acids is 1. The molecule has 0 aliphatic heterocycles. The highest BCUT2D eigenvalue weighted by Crippen LogP contribution is 2.21. The molecular weight excluding hydrogens is 259 g/mol. The zero-order chi connectivity index (χ0) is 14.5. The van der Waals surface area contributed by atoms with Crippen molar-refractivity contribution in [1.29, 1.82) is 0 Å². The fourth-order valence-corrected chi connectivity index (χ4v) is 1.87. The lowest BCUT2D eigenvalue weighted by Gasteiger charge is -2.11. The van der Waals surface area contributed by atoms with Gasteiger partial charge >= 0.3 is 0 Å². The molecule has 0 spiro atoms. The molecule has 0 radical (unpaired) electrons. The van der Waals surface area contributed by atoms with E-state index in [9.17, 15) is 9.18 Å². The van der Waals surface area contributed by atoms with E-state index in [2.05, 4.69) is 15.7 Å². The number of benzene rings is 1. The Hall–Kier alpha value is -2.37. The molecule has 0 saturated carbocycles. The lowest BCUT2D eigenvalue weighted by atomic mass is 10.1. The van der Waals surface area contributed by atoms with Gasteiger partial charge in [0.05, 0.1) is 23.1 Å². The van der Waals surface area contributed by atoms with E-state index in [-0.39, 0.29) is 17.2 Å². The molecule has 1 amide bonds. The molecule has 1 heterocycles. The third kappa shape index (κ3) is 2.96. The van der Waals surface area contributed by atoms with E-state index in [0.717, 1.165) is 6.54 Å². The molecule has 20 heavy (non-hydrogen) atoms. The van der Waals surface area contributed by atoms with E-state index in [0.29, 0.717) is 12.2 Å². The topological polar surface area (TPSA) is 59.0 Å². The second-order valence-corrected chi connectivity index (χ2v) is 4.23. The van der Waals surface area contributed by atoms with Gasteiger partial charge in [-0.15, -0.1) is 0 Å². The number of aromatic nitrogens is 2. The van der Waals surface area contributed by atoms with Gasteiger partial charge in [-0.3, -0.25) is 9.48 Å². The molecule has 1 aromatic heterocycles. The highest BCUT2D eigenvalue weighted by atomic mass is 19.1. The Morgan fingerprint density at radius 1 is 1.40 bits per heavy atom. The minimum atomic E-state index is -0.441. The van der Waals surface area contributed by atoms with Crippen LogP contribution in [0.2, 0.25) is 0 Å². The van der Waals surface area contributed by atoms with Crippen molar-refractivity contribution in [1.82, 2.24) is 9.78 Å². The summed E-state index contributed by atoms with van der Waals surface area (Å²) in [5, 5.41) is 9.65. The Kier molecular flexibility index (Phi) is 4.34. The number of amides is 1. The lowest BCUT2D eigenvalue weighted by molar-refractivity contribution is 0.102. The molecule has 0 atom stereocenters. The van der Waals surface area contributed by atoms with Crippen LogP contribution in [0, 0.1) is 5.82 Å². The van der Waals surface area contributed by atoms with Crippen LogP contribution in [-0.4, -0.2) is 22.2 Å². The summed E-state index contributed by atoms with van der Waals surface area (Å²) in [5.74, 6) is -0.806. The minimum absolute atomic E-state index is 0.218. The third-order valence-electron chi connectivity index (χ3n) is 2.83. The number of nitrogens with one attached hydrogen (secondary N) is 2. The molecule has 0 bridgehead atoms. The molecule has 1 aromatic carbocycles. The average Bonchev–Trinajstić information content (AvgIpc) is 2.88. The van der Waals surface area contributed by atoms with Gasteiger partial charge in [0.15, 0.2) is 0 Å². The maximum Gasteiger partial charge on any atom is 0.257 e. The number of halogens is 1. The molecule has 0 unspecified atom stereocenters. The second-order valence-electron chi connectivity index (χ2n) is 4.23. The Labute approximate surface area is 116 Å². The van der Waals surface area contributed by atoms with Crippen molar-refractivity contribution in [2.75, 3.05) is 17.2 Å². The van der Waals surface area contributed by atoms with Crippen LogP contribution in [0.1, 0.15) is 24.2 Å². The van der Waals surface area contributed by atoms with E-state index >= 15 is 0 Å². The number of para-hydroxylation sites is 1. The normalized spacial score (nSPS) is 10.3. The molecule has 0 fully saturated rings. The molecule has 6 heteroatoms. The van der Waals surface area contributed by atoms with Crippen LogP contribution in [0.4, 0.5) is 15.8 Å². The number of carbonyl (C=O) groups is 1. The maximum absolute atomic E-state index is 13.7. The number of aryl methyl sites for hydroxylation is 1. The Balaban J connectivity index is 2.22. The van der Waals surface area contributed by atoms with Crippen molar-refractivity contribution >= 4 is 17.3 Å². The standard InChI is InChI=1S/C14H17FN4O/c1-3-16-13-11(6-5-7-12(13)15)14(20)18-10-8-17-19(4-2)9-10/h5-9,16H,3-4H2,1-2H3,(H,18,20). The number of rotatable bonds is 5. The summed E-state index contributed by atoms with van der Waals surface area (Å²) in [4.78, 5) is 12.2. The Bertz CT molecular complexity index is 609. The fraction of sp³-hybridized carbons (Fsp3) is 0.286. The molecule has 2 N–H and O–H groups in total. The smallest absolute Gasteiger partial charge is 0.257 e. The first-order chi connectivity index (χ1) is 9.65. The molecule has 0 saturated heterocycles. The van der Waals surface area contributed by atoms with Crippen molar-refractivity contribution in [2.45, 2.75) is 20.4 Å². The number of hydrogen-bond acceptors (Lipinski definition) is 3. The first-order valence-corrected chi connectivity index (χ1v) is 6.51. The van der Waals surface area contributed by atoms with Crippen LogP contribution in [-0.2, 0) is 6.54 Å². The summed E-state index contributed by atoms with van der Waals surface area (Å²) in [7, 11) is 0. The molecule has 0 aliphatic rings. The number of anilines is 2. The van der Waals surface area contributed by atoms with E-state index < -0.39 is 5.82 Å². The SMILES string of the molecule is CCNc1c(F)cccc1C(=O)Nc1cnn(CC)c1. The van der Waals surface area contributed by atoms with Crippen molar-refractivity contribution in [2.24, 2.45) is 0 Å². The van der Waals surface area contributed by atoms with Crippen molar-refractivity contribution in [3.05, 3.63) is 42.0 Å². The van der Waals surface area contributed by atoms with Crippen LogP contribution in [0.5, 0.6) is 0 Å². The van der Waals surface area contributed by atoms with Gasteiger partial charge in [-0.2, -0.15) is 5.10 Å². The van der Waals surface area contributed by atoms with Gasteiger partial charge in [0.25, 0.3) is 5.91 Å². The Morgan fingerprint density at radius 2 is 2.20 bits per heavy atom. The van der Waals surface area contributed by atoms with Gasteiger partial charge in [0.1, 0.15) is 5.82 Å². The summed E-state index contributed by atoms with van der Waals surface area (Å²) < 4.78 is 15.4. The summed E-state index contributed by atoms with van der Waals surface area (Å²) in [6.45, 7) is 5.06. The average molecular weight is 276 g/mol. The van der Waals surface area contributed by atoms with Crippen LogP contribution < -0.4 is 10.6 Å². The molecule has 5 nitrogen and oxygen atoms in total. The number of hydrogen-bond donors (Lipinski definition) is 2. The monoisotopic (exact) mass is 276 g/mol. The largest absolute Gasteiger partial charge is 0.382 e. The van der Waals surface area contributed by atoms with Gasteiger partial charge in [-0.1, -0.05) is 6.07 Å². The van der Waals surface area contributed by atoms with Crippen molar-refractivity contribution in [3.63, 3.8) is 0 Å². The molecular formula is C14H17FN4O. The first-order valence-electron chi connectivity index (χ1n) is 6.51. The van der Waals surface area contributed by atoms with Crippen LogP contribution in [0.15, 0.2) is 30.6 Å². The van der Waals surface area contributed by atoms with E-state index in [1.165, 1.54) is 12.1 Å². The van der Waals surface area contributed by atoms with Crippen LogP contribution >= 0.6 is 0 Å². The minimum Gasteiger partial charge on any atom is -0.382 e. The third-order valence-corrected chi connectivity index (χ3v) is 2.83. The first kappa shape index (κ1) is 14.0. The van der Waals surface area contributed by atoms with Gasteiger partial charge in [-0.25, -0.2) is 4.39 Å². The van der Waals surface area contributed by atoms with E-state index in [4.69, 9.17) is 0 Å². The quantitative estimate of drug-likeness (QED) is 0.882. The summed E-state index contributed by atoms with van der Waals surface area (Å²) in [5.41, 5.74) is 1.08. The van der Waals surface area contributed by atoms with E-state index in [1.54, 1.807) is 23.1 Å².